The number of benzene rings is 1. The summed E-state index contributed by atoms with van der Waals surface area (Å²) in [6, 6.07) is 7.77. The van der Waals surface area contributed by atoms with E-state index in [1.807, 2.05) is 31.2 Å². The Bertz CT molecular complexity index is 469. The van der Waals surface area contributed by atoms with Gasteiger partial charge in [0.25, 0.3) is 0 Å². The lowest BCUT2D eigenvalue weighted by Gasteiger charge is -2.23. The standard InChI is InChI=1S/C14H18N2O2S/c1-4-18-14(17)13(9-15-3)16(10-19)12-7-5-11(2)6-8-12/h5-9,19H,3-4,10H2,1-2H3/b13-9-. The molecule has 0 aromatic heterocycles. The smallest absolute Gasteiger partial charge is 0.356 e. The van der Waals surface area contributed by atoms with Crippen LogP contribution in [0.3, 0.4) is 0 Å². The van der Waals surface area contributed by atoms with Gasteiger partial charge in [-0.3, -0.25) is 4.99 Å². The number of rotatable bonds is 6. The number of nitrogens with zero attached hydrogens (tertiary/aromatic N) is 2. The molecule has 0 atom stereocenters. The number of aryl methyl sites for hydroxylation is 1. The van der Waals surface area contributed by atoms with E-state index in [-0.39, 0.29) is 0 Å². The van der Waals surface area contributed by atoms with Gasteiger partial charge in [-0.2, -0.15) is 12.6 Å². The van der Waals surface area contributed by atoms with Crippen LogP contribution in [-0.2, 0) is 9.53 Å². The normalized spacial score (nSPS) is 11.0. The monoisotopic (exact) mass is 278 g/mol. The summed E-state index contributed by atoms with van der Waals surface area (Å²) in [6.07, 6.45) is 1.38. The van der Waals surface area contributed by atoms with Gasteiger partial charge in [0, 0.05) is 5.69 Å². The van der Waals surface area contributed by atoms with Gasteiger partial charge < -0.3 is 9.64 Å². The molecule has 0 spiro atoms. The van der Waals surface area contributed by atoms with E-state index in [0.717, 1.165) is 11.3 Å². The van der Waals surface area contributed by atoms with Crippen molar-refractivity contribution in [3.63, 3.8) is 0 Å². The van der Waals surface area contributed by atoms with Gasteiger partial charge in [0.15, 0.2) is 0 Å². The van der Waals surface area contributed by atoms with Crippen LogP contribution in [0.1, 0.15) is 12.5 Å². The fourth-order valence-electron chi connectivity index (χ4n) is 1.55. The molecule has 1 aromatic rings. The van der Waals surface area contributed by atoms with Crippen molar-refractivity contribution in [2.45, 2.75) is 13.8 Å². The minimum Gasteiger partial charge on any atom is -0.461 e. The van der Waals surface area contributed by atoms with Crippen molar-refractivity contribution < 1.29 is 9.53 Å². The van der Waals surface area contributed by atoms with Gasteiger partial charge in [-0.05, 0) is 32.7 Å². The molecule has 0 aliphatic heterocycles. The number of esters is 1. The van der Waals surface area contributed by atoms with Crippen LogP contribution in [0.25, 0.3) is 0 Å². The van der Waals surface area contributed by atoms with E-state index in [1.165, 1.54) is 6.20 Å². The van der Waals surface area contributed by atoms with Gasteiger partial charge in [0.1, 0.15) is 5.70 Å². The first-order valence-electron chi connectivity index (χ1n) is 5.92. The Balaban J connectivity index is 3.10. The Labute approximate surface area is 119 Å². The molecule has 0 N–H and O–H groups in total. The Hall–Kier alpha value is -1.75. The van der Waals surface area contributed by atoms with Crippen molar-refractivity contribution in [2.75, 3.05) is 17.4 Å². The number of thiol groups is 1. The molecule has 0 saturated carbocycles. The molecule has 1 aromatic carbocycles. The van der Waals surface area contributed by atoms with Crippen LogP contribution in [0.2, 0.25) is 0 Å². The number of aliphatic imine (C=N–C) groups is 1. The zero-order valence-electron chi connectivity index (χ0n) is 11.2. The summed E-state index contributed by atoms with van der Waals surface area (Å²) < 4.78 is 5.01. The average molecular weight is 278 g/mol. The number of carbonyl (C=O) groups excluding carboxylic acids is 1. The minimum absolute atomic E-state index is 0.307. The molecule has 0 saturated heterocycles. The first-order valence-corrected chi connectivity index (χ1v) is 6.55. The SMILES string of the molecule is C=N/C=C(/C(=O)OCC)N(CS)c1ccc(C)cc1. The number of anilines is 1. The highest BCUT2D eigenvalue weighted by Gasteiger charge is 2.19. The topological polar surface area (TPSA) is 41.9 Å². The number of ether oxygens (including phenoxy) is 1. The molecule has 0 radical (unpaired) electrons. The molecular weight excluding hydrogens is 260 g/mol. The summed E-state index contributed by atoms with van der Waals surface area (Å²) in [5.41, 5.74) is 2.31. The highest BCUT2D eigenvalue weighted by molar-refractivity contribution is 7.80. The lowest BCUT2D eigenvalue weighted by molar-refractivity contribution is -0.138. The largest absolute Gasteiger partial charge is 0.461 e. The van der Waals surface area contributed by atoms with Crippen LogP contribution in [0.4, 0.5) is 5.69 Å². The van der Waals surface area contributed by atoms with E-state index in [1.54, 1.807) is 11.8 Å². The van der Waals surface area contributed by atoms with E-state index < -0.39 is 5.97 Å². The third-order valence-electron chi connectivity index (χ3n) is 2.48. The maximum Gasteiger partial charge on any atom is 0.356 e. The van der Waals surface area contributed by atoms with Gasteiger partial charge in [-0.25, -0.2) is 4.79 Å². The van der Waals surface area contributed by atoms with Crippen molar-refractivity contribution in [3.8, 4) is 0 Å². The Morgan fingerprint density at radius 2 is 2.11 bits per heavy atom. The lowest BCUT2D eigenvalue weighted by atomic mass is 10.2. The summed E-state index contributed by atoms with van der Waals surface area (Å²) in [5.74, 6) is -0.104. The van der Waals surface area contributed by atoms with Crippen LogP contribution in [0, 0.1) is 6.92 Å². The zero-order chi connectivity index (χ0) is 14.3. The van der Waals surface area contributed by atoms with Crippen LogP contribution in [-0.4, -0.2) is 25.2 Å². The van der Waals surface area contributed by atoms with Crippen LogP contribution >= 0.6 is 12.6 Å². The third kappa shape index (κ3) is 4.13. The molecule has 0 bridgehead atoms. The van der Waals surface area contributed by atoms with E-state index in [0.29, 0.717) is 18.2 Å². The molecule has 1 rings (SSSR count). The third-order valence-corrected chi connectivity index (χ3v) is 2.76. The van der Waals surface area contributed by atoms with Gasteiger partial charge in [0.2, 0.25) is 0 Å². The second-order valence-electron chi connectivity index (χ2n) is 3.82. The molecule has 5 heteroatoms. The van der Waals surface area contributed by atoms with E-state index >= 15 is 0 Å². The van der Waals surface area contributed by atoms with Crippen molar-refractivity contribution in [2.24, 2.45) is 4.99 Å². The highest BCUT2D eigenvalue weighted by atomic mass is 32.1. The molecule has 0 heterocycles. The molecule has 0 amide bonds. The van der Waals surface area contributed by atoms with Crippen molar-refractivity contribution >= 4 is 31.0 Å². The van der Waals surface area contributed by atoms with E-state index in [4.69, 9.17) is 4.74 Å². The summed E-state index contributed by atoms with van der Waals surface area (Å²) in [4.78, 5) is 17.3. The minimum atomic E-state index is -0.440. The van der Waals surface area contributed by atoms with Crippen molar-refractivity contribution in [1.29, 1.82) is 0 Å². The average Bonchev–Trinajstić information content (AvgIpc) is 2.41. The predicted molar refractivity (Wildman–Crippen MR) is 81.8 cm³/mol. The molecule has 102 valence electrons. The molecule has 0 aliphatic rings. The summed E-state index contributed by atoms with van der Waals surface area (Å²) >= 11 is 4.26. The van der Waals surface area contributed by atoms with Crippen LogP contribution < -0.4 is 4.90 Å². The summed E-state index contributed by atoms with van der Waals surface area (Å²) in [6.45, 7) is 7.45. The van der Waals surface area contributed by atoms with E-state index in [9.17, 15) is 4.79 Å². The highest BCUT2D eigenvalue weighted by Crippen LogP contribution is 2.21. The maximum absolute atomic E-state index is 11.9. The fourth-order valence-corrected chi connectivity index (χ4v) is 1.86. The predicted octanol–water partition coefficient (Wildman–Crippen LogP) is 2.79. The van der Waals surface area contributed by atoms with Gasteiger partial charge in [-0.1, -0.05) is 17.7 Å². The van der Waals surface area contributed by atoms with Gasteiger partial charge >= 0.3 is 5.97 Å². The molecule has 19 heavy (non-hydrogen) atoms. The number of hydrogen-bond acceptors (Lipinski definition) is 5. The molecule has 0 aliphatic carbocycles. The Morgan fingerprint density at radius 1 is 1.47 bits per heavy atom. The maximum atomic E-state index is 11.9. The fraction of sp³-hybridized carbons (Fsp3) is 0.286. The quantitative estimate of drug-likeness (QED) is 0.286. The molecular formula is C14H18N2O2S. The molecule has 4 nitrogen and oxygen atoms in total. The molecule has 0 fully saturated rings. The van der Waals surface area contributed by atoms with Gasteiger partial charge in [-0.15, -0.1) is 0 Å². The van der Waals surface area contributed by atoms with Crippen LogP contribution in [0.15, 0.2) is 41.2 Å². The Kier molecular flexibility index (Phi) is 6.15. The van der Waals surface area contributed by atoms with Crippen LogP contribution in [0.5, 0.6) is 0 Å². The van der Waals surface area contributed by atoms with Crippen molar-refractivity contribution in [1.82, 2.24) is 0 Å². The number of hydrogen-bond donors (Lipinski definition) is 1. The summed E-state index contributed by atoms with van der Waals surface area (Å²) in [5, 5.41) is 0. The van der Waals surface area contributed by atoms with Crippen molar-refractivity contribution in [3.05, 3.63) is 41.7 Å². The Morgan fingerprint density at radius 3 is 2.58 bits per heavy atom. The number of carbonyl (C=O) groups is 1. The lowest BCUT2D eigenvalue weighted by Crippen LogP contribution is -2.27. The zero-order valence-corrected chi connectivity index (χ0v) is 12.1. The second kappa shape index (κ2) is 7.63. The van der Waals surface area contributed by atoms with E-state index in [2.05, 4.69) is 24.3 Å². The first kappa shape index (κ1) is 15.3. The first-order chi connectivity index (χ1) is 9.13. The molecule has 0 unspecified atom stereocenters. The van der Waals surface area contributed by atoms with Gasteiger partial charge in [0.05, 0.1) is 18.7 Å². The summed E-state index contributed by atoms with van der Waals surface area (Å²) in [7, 11) is 0. The second-order valence-corrected chi connectivity index (χ2v) is 4.11.